The number of nitrogens with one attached hydrogen (secondary N) is 1. The van der Waals surface area contributed by atoms with Gasteiger partial charge in [-0.3, -0.25) is 9.89 Å². The average molecular weight is 569 g/mol. The molecule has 39 heavy (non-hydrogen) atoms. The van der Waals surface area contributed by atoms with Gasteiger partial charge in [0.05, 0.1) is 24.5 Å². The number of likely N-dealkylation sites (tertiary alicyclic amines) is 1. The lowest BCUT2D eigenvalue weighted by molar-refractivity contribution is -0.137. The molecule has 3 rings (SSSR count). The van der Waals surface area contributed by atoms with Gasteiger partial charge in [0.25, 0.3) is 0 Å². The lowest BCUT2D eigenvalue weighted by Crippen LogP contribution is -2.48. The van der Waals surface area contributed by atoms with Crippen LogP contribution in [0.3, 0.4) is 0 Å². The second-order valence-corrected chi connectivity index (χ2v) is 10.6. The zero-order chi connectivity index (χ0) is 28.6. The molecule has 1 aromatic rings. The Morgan fingerprint density at radius 3 is 2.59 bits per heavy atom. The molecular weight excluding hydrogens is 525 g/mol. The number of alkyl halides is 3. The highest BCUT2D eigenvalue weighted by atomic mass is 32.1. The molecule has 2 aliphatic rings. The molecule has 0 spiro atoms. The Kier molecular flexibility index (Phi) is 11.8. The van der Waals surface area contributed by atoms with Gasteiger partial charge in [0.1, 0.15) is 5.75 Å². The third-order valence-corrected chi connectivity index (χ3v) is 7.93. The first kappa shape index (κ1) is 31.5. The zero-order valence-electron chi connectivity index (χ0n) is 23.6. The number of thiol groups is 1. The first-order chi connectivity index (χ1) is 18.6. The van der Waals surface area contributed by atoms with Crippen molar-refractivity contribution >= 4 is 18.3 Å². The number of hydrogen-bond donors (Lipinski definition) is 3. The van der Waals surface area contributed by atoms with Gasteiger partial charge in [0.15, 0.2) is 0 Å². The summed E-state index contributed by atoms with van der Waals surface area (Å²) in [6, 6.07) is 3.30. The summed E-state index contributed by atoms with van der Waals surface area (Å²) in [5.41, 5.74) is 3.77. The van der Waals surface area contributed by atoms with E-state index < -0.39 is 17.5 Å². The summed E-state index contributed by atoms with van der Waals surface area (Å²) >= 11 is 4.47. The van der Waals surface area contributed by atoms with Crippen molar-refractivity contribution in [3.63, 3.8) is 0 Å². The van der Waals surface area contributed by atoms with E-state index in [2.05, 4.69) is 53.5 Å². The van der Waals surface area contributed by atoms with Crippen LogP contribution in [0.5, 0.6) is 5.75 Å². The Labute approximate surface area is 236 Å². The first-order valence-corrected chi connectivity index (χ1v) is 14.5. The third-order valence-electron chi connectivity index (χ3n) is 7.53. The van der Waals surface area contributed by atoms with Crippen molar-refractivity contribution in [1.82, 2.24) is 15.1 Å². The highest BCUT2D eigenvalue weighted by Gasteiger charge is 2.33. The number of phenolic OH excluding ortho intramolecular Hbond substituents is 1. The maximum atomic E-state index is 13.2. The first-order valence-electron chi connectivity index (χ1n) is 13.8. The van der Waals surface area contributed by atoms with Crippen molar-refractivity contribution < 1.29 is 23.0 Å². The van der Waals surface area contributed by atoms with E-state index in [0.717, 1.165) is 93.3 Å². The van der Waals surface area contributed by atoms with Gasteiger partial charge < -0.3 is 20.1 Å². The zero-order valence-corrected chi connectivity index (χ0v) is 24.5. The van der Waals surface area contributed by atoms with Gasteiger partial charge in [0, 0.05) is 61.0 Å². The van der Waals surface area contributed by atoms with E-state index in [9.17, 15) is 18.3 Å². The lowest BCUT2D eigenvalue weighted by atomic mass is 9.93. The maximum absolute atomic E-state index is 13.2. The summed E-state index contributed by atoms with van der Waals surface area (Å²) in [6.45, 7) is 12.1. The predicted octanol–water partition coefficient (Wildman–Crippen LogP) is 5.49. The summed E-state index contributed by atoms with van der Waals surface area (Å²) in [6.07, 6.45) is -0.419. The Morgan fingerprint density at radius 2 is 1.97 bits per heavy atom. The Balaban J connectivity index is 1.85. The number of phenols is 1. The van der Waals surface area contributed by atoms with Crippen molar-refractivity contribution in [2.24, 2.45) is 4.99 Å². The maximum Gasteiger partial charge on any atom is 0.416 e. The topological polar surface area (TPSA) is 60.3 Å². The number of rotatable bonds is 12. The molecule has 2 heterocycles. The van der Waals surface area contributed by atoms with Crippen molar-refractivity contribution in [3.8, 4) is 5.75 Å². The van der Waals surface area contributed by atoms with Gasteiger partial charge >= 0.3 is 6.18 Å². The van der Waals surface area contributed by atoms with Crippen molar-refractivity contribution in [2.45, 2.75) is 58.7 Å². The summed E-state index contributed by atoms with van der Waals surface area (Å²) in [5, 5.41) is 14.4. The van der Waals surface area contributed by atoms with Crippen LogP contribution in [-0.4, -0.2) is 85.5 Å². The molecule has 0 bridgehead atoms. The van der Waals surface area contributed by atoms with Crippen LogP contribution in [-0.2, 0) is 10.9 Å². The van der Waals surface area contributed by atoms with Gasteiger partial charge in [-0.1, -0.05) is 19.4 Å². The average Bonchev–Trinajstić information content (AvgIpc) is 3.39. The van der Waals surface area contributed by atoms with Crippen LogP contribution in [0.15, 0.2) is 45.6 Å². The standard InChI is InChI=1S/C29H43F3N4O2S/c1-5-11-36(19-39)14-13-35-12-7-8-22(16-35)34-27(20(3)6-2)24-17-38-18-25(24)28(33-4)23-10-9-21(15-26(23)37)29(30,31)32/h9-10,15,22,34,37,39H,5-8,11-14,16-19H2,1-4H3/b27-20-,33-28?. The molecule has 1 unspecified atom stereocenters. The SMILES string of the molecule is CCCN(CS)CCN1CCCC(N/C(C2=C(C(=NC)c3ccc(C(F)(F)F)cc3O)COC2)=C(/C)CC)C1. The van der Waals surface area contributed by atoms with Crippen LogP contribution in [0, 0.1) is 0 Å². The molecule has 1 fully saturated rings. The minimum absolute atomic E-state index is 0.265. The molecule has 0 saturated carbocycles. The van der Waals surface area contributed by atoms with Gasteiger partial charge in [-0.05, 0) is 63.9 Å². The van der Waals surface area contributed by atoms with E-state index in [1.807, 2.05) is 0 Å². The normalized spacial score (nSPS) is 20.1. The van der Waals surface area contributed by atoms with E-state index in [1.54, 1.807) is 7.05 Å². The number of aromatic hydroxyl groups is 1. The number of ether oxygens (including phenoxy) is 1. The molecule has 2 N–H and O–H groups in total. The summed E-state index contributed by atoms with van der Waals surface area (Å²) in [4.78, 5) is 9.27. The van der Waals surface area contributed by atoms with Crippen molar-refractivity contribution in [1.29, 1.82) is 0 Å². The van der Waals surface area contributed by atoms with Crippen molar-refractivity contribution in [3.05, 3.63) is 51.7 Å². The van der Waals surface area contributed by atoms with E-state index >= 15 is 0 Å². The largest absolute Gasteiger partial charge is 0.507 e. The second-order valence-electron chi connectivity index (χ2n) is 10.3. The van der Waals surface area contributed by atoms with E-state index in [0.29, 0.717) is 12.3 Å². The number of nitrogens with zero attached hydrogens (tertiary/aromatic N) is 3. The molecule has 6 nitrogen and oxygen atoms in total. The third kappa shape index (κ3) is 8.25. The number of piperidine rings is 1. The molecule has 10 heteroatoms. The molecule has 0 aliphatic carbocycles. The Bertz CT molecular complexity index is 1070. The molecule has 218 valence electrons. The van der Waals surface area contributed by atoms with Crippen LogP contribution in [0.25, 0.3) is 0 Å². The summed E-state index contributed by atoms with van der Waals surface area (Å²) in [7, 11) is 1.59. The number of aliphatic imine (C=N–C) groups is 1. The highest BCUT2D eigenvalue weighted by molar-refractivity contribution is 7.80. The minimum atomic E-state index is -4.53. The smallest absolute Gasteiger partial charge is 0.416 e. The van der Waals surface area contributed by atoms with Crippen LogP contribution in [0.2, 0.25) is 0 Å². The number of allylic oxidation sites excluding steroid dienone is 1. The Hall–Kier alpha value is -2.01. The molecular formula is C29H43F3N4O2S. The minimum Gasteiger partial charge on any atom is -0.507 e. The van der Waals surface area contributed by atoms with Gasteiger partial charge in [-0.25, -0.2) is 0 Å². The highest BCUT2D eigenvalue weighted by Crippen LogP contribution is 2.35. The van der Waals surface area contributed by atoms with E-state index in [-0.39, 0.29) is 18.2 Å². The number of benzene rings is 1. The van der Waals surface area contributed by atoms with Crippen LogP contribution >= 0.6 is 12.6 Å². The van der Waals surface area contributed by atoms with E-state index in [4.69, 9.17) is 4.74 Å². The molecule has 0 amide bonds. The second kappa shape index (κ2) is 14.6. The van der Waals surface area contributed by atoms with Gasteiger partial charge in [0.2, 0.25) is 0 Å². The van der Waals surface area contributed by atoms with Crippen LogP contribution < -0.4 is 5.32 Å². The molecule has 0 aromatic heterocycles. The van der Waals surface area contributed by atoms with E-state index in [1.165, 1.54) is 11.6 Å². The quantitative estimate of drug-likeness (QED) is 0.177. The van der Waals surface area contributed by atoms with Crippen molar-refractivity contribution in [2.75, 3.05) is 58.9 Å². The fourth-order valence-corrected chi connectivity index (χ4v) is 5.55. The predicted molar refractivity (Wildman–Crippen MR) is 155 cm³/mol. The molecule has 1 saturated heterocycles. The molecule has 1 atom stereocenters. The number of halogens is 3. The Morgan fingerprint density at radius 1 is 1.23 bits per heavy atom. The van der Waals surface area contributed by atoms with Gasteiger partial charge in [-0.15, -0.1) is 0 Å². The fourth-order valence-electron chi connectivity index (χ4n) is 5.27. The summed E-state index contributed by atoms with van der Waals surface area (Å²) in [5.74, 6) is 0.315. The monoisotopic (exact) mass is 568 g/mol. The van der Waals surface area contributed by atoms with Crippen LogP contribution in [0.1, 0.15) is 57.6 Å². The summed E-state index contributed by atoms with van der Waals surface area (Å²) < 4.78 is 45.4. The lowest BCUT2D eigenvalue weighted by Gasteiger charge is -2.36. The number of hydrogen-bond acceptors (Lipinski definition) is 7. The van der Waals surface area contributed by atoms with Gasteiger partial charge in [-0.2, -0.15) is 25.8 Å². The molecule has 0 radical (unpaired) electrons. The molecule has 2 aliphatic heterocycles. The van der Waals surface area contributed by atoms with Crippen LogP contribution in [0.4, 0.5) is 13.2 Å². The molecule has 1 aromatic carbocycles. The fraction of sp³-hybridized carbons (Fsp3) is 0.621.